The van der Waals surface area contributed by atoms with Crippen LogP contribution in [0.15, 0.2) is 48.8 Å². The molecule has 0 saturated carbocycles. The van der Waals surface area contributed by atoms with E-state index in [9.17, 15) is 4.79 Å². The molecule has 2 rings (SSSR count). The SMILES string of the molecule is CCCCCCN(CCCCCC)C(=O)CC(c1ccc(OC)cc1)n1cccc1. The van der Waals surface area contributed by atoms with Gasteiger partial charge in [0.05, 0.1) is 19.6 Å². The number of methoxy groups -OCH3 is 1. The number of ether oxygens (including phenoxy) is 1. The minimum absolute atomic E-state index is 0.00666. The molecule has 0 saturated heterocycles. The first kappa shape index (κ1) is 24.0. The molecule has 1 aromatic heterocycles. The summed E-state index contributed by atoms with van der Waals surface area (Å²) in [6.07, 6.45) is 14.1. The van der Waals surface area contributed by atoms with Crippen LogP contribution in [0.3, 0.4) is 0 Å². The zero-order valence-electron chi connectivity index (χ0n) is 19.2. The van der Waals surface area contributed by atoms with E-state index in [4.69, 9.17) is 4.74 Å². The number of amides is 1. The molecular formula is C26H40N2O2. The quantitative estimate of drug-likeness (QED) is 0.314. The Morgan fingerprint density at radius 2 is 1.47 bits per heavy atom. The van der Waals surface area contributed by atoms with E-state index in [1.165, 1.54) is 38.5 Å². The first-order valence-corrected chi connectivity index (χ1v) is 11.7. The fraction of sp³-hybridized carbons (Fsp3) is 0.577. The van der Waals surface area contributed by atoms with Crippen LogP contribution in [0.25, 0.3) is 0 Å². The zero-order chi connectivity index (χ0) is 21.6. The Bertz CT molecular complexity index is 682. The largest absolute Gasteiger partial charge is 0.497 e. The van der Waals surface area contributed by atoms with Crippen LogP contribution in [-0.4, -0.2) is 35.6 Å². The van der Waals surface area contributed by atoms with Gasteiger partial charge in [0.25, 0.3) is 0 Å². The third-order valence-corrected chi connectivity index (χ3v) is 5.77. The second-order valence-electron chi connectivity index (χ2n) is 8.13. The molecule has 30 heavy (non-hydrogen) atoms. The average molecular weight is 413 g/mol. The fourth-order valence-corrected chi connectivity index (χ4v) is 3.89. The van der Waals surface area contributed by atoms with Crippen molar-refractivity contribution in [1.29, 1.82) is 0 Å². The van der Waals surface area contributed by atoms with E-state index in [-0.39, 0.29) is 11.9 Å². The average Bonchev–Trinajstić information content (AvgIpc) is 3.31. The number of benzene rings is 1. The lowest BCUT2D eigenvalue weighted by atomic mass is 10.0. The number of hydrogen-bond donors (Lipinski definition) is 0. The minimum Gasteiger partial charge on any atom is -0.497 e. The summed E-state index contributed by atoms with van der Waals surface area (Å²) >= 11 is 0. The minimum atomic E-state index is 0.00666. The molecule has 4 nitrogen and oxygen atoms in total. The standard InChI is InChI=1S/C26H40N2O2/c1-4-6-8-10-20-28(21-11-9-7-5-2)26(29)22-25(27-18-12-13-19-27)23-14-16-24(30-3)17-15-23/h12-19,25H,4-11,20-22H2,1-3H3. The zero-order valence-corrected chi connectivity index (χ0v) is 19.2. The maximum atomic E-state index is 13.4. The van der Waals surface area contributed by atoms with Crippen molar-refractivity contribution in [2.24, 2.45) is 0 Å². The number of carbonyl (C=O) groups is 1. The van der Waals surface area contributed by atoms with Gasteiger partial charge in [-0.25, -0.2) is 0 Å². The van der Waals surface area contributed by atoms with Gasteiger partial charge in [0.2, 0.25) is 5.91 Å². The van der Waals surface area contributed by atoms with Gasteiger partial charge in [-0.1, -0.05) is 64.5 Å². The van der Waals surface area contributed by atoms with Crippen molar-refractivity contribution >= 4 is 5.91 Å². The van der Waals surface area contributed by atoms with Crippen molar-refractivity contribution < 1.29 is 9.53 Å². The van der Waals surface area contributed by atoms with Gasteiger partial charge in [0, 0.05) is 25.5 Å². The van der Waals surface area contributed by atoms with Crippen LogP contribution in [0.5, 0.6) is 5.75 Å². The van der Waals surface area contributed by atoms with Crippen LogP contribution in [0.2, 0.25) is 0 Å². The Kier molecular flexibility index (Phi) is 11.1. The number of rotatable bonds is 15. The molecule has 1 amide bonds. The van der Waals surface area contributed by atoms with Crippen LogP contribution in [0, 0.1) is 0 Å². The molecule has 0 bridgehead atoms. The Morgan fingerprint density at radius 1 is 0.900 bits per heavy atom. The van der Waals surface area contributed by atoms with Gasteiger partial charge in [-0.2, -0.15) is 0 Å². The lowest BCUT2D eigenvalue weighted by Crippen LogP contribution is -2.34. The molecule has 1 heterocycles. The first-order valence-electron chi connectivity index (χ1n) is 11.7. The molecule has 0 fully saturated rings. The third kappa shape index (κ3) is 7.89. The van der Waals surface area contributed by atoms with Gasteiger partial charge in [-0.05, 0) is 42.7 Å². The van der Waals surface area contributed by atoms with E-state index in [0.29, 0.717) is 6.42 Å². The van der Waals surface area contributed by atoms with Crippen LogP contribution >= 0.6 is 0 Å². The molecule has 0 aliphatic rings. The Morgan fingerprint density at radius 3 is 1.97 bits per heavy atom. The highest BCUT2D eigenvalue weighted by Gasteiger charge is 2.21. The van der Waals surface area contributed by atoms with E-state index in [2.05, 4.69) is 47.8 Å². The topological polar surface area (TPSA) is 34.5 Å². The molecular weight excluding hydrogens is 372 g/mol. The van der Waals surface area contributed by atoms with Crippen LogP contribution in [-0.2, 0) is 4.79 Å². The lowest BCUT2D eigenvalue weighted by Gasteiger charge is -2.27. The van der Waals surface area contributed by atoms with Crippen LogP contribution in [0.4, 0.5) is 0 Å². The fourth-order valence-electron chi connectivity index (χ4n) is 3.89. The van der Waals surface area contributed by atoms with Gasteiger partial charge in [-0.3, -0.25) is 4.79 Å². The monoisotopic (exact) mass is 412 g/mol. The van der Waals surface area contributed by atoms with E-state index < -0.39 is 0 Å². The van der Waals surface area contributed by atoms with Gasteiger partial charge >= 0.3 is 0 Å². The van der Waals surface area contributed by atoms with E-state index in [1.807, 2.05) is 24.3 Å². The van der Waals surface area contributed by atoms with Gasteiger partial charge in [0.1, 0.15) is 5.75 Å². The van der Waals surface area contributed by atoms with E-state index in [1.54, 1.807) is 7.11 Å². The second-order valence-corrected chi connectivity index (χ2v) is 8.13. The number of hydrogen-bond acceptors (Lipinski definition) is 2. The molecule has 0 N–H and O–H groups in total. The normalized spacial score (nSPS) is 12.0. The summed E-state index contributed by atoms with van der Waals surface area (Å²) in [5.74, 6) is 1.10. The maximum absolute atomic E-state index is 13.4. The highest BCUT2D eigenvalue weighted by Crippen LogP contribution is 2.25. The van der Waals surface area contributed by atoms with Crippen LogP contribution < -0.4 is 4.74 Å². The van der Waals surface area contributed by atoms with Crippen LogP contribution in [0.1, 0.15) is 83.2 Å². The van der Waals surface area contributed by atoms with Crippen molar-refractivity contribution in [1.82, 2.24) is 9.47 Å². The van der Waals surface area contributed by atoms with Crippen molar-refractivity contribution in [3.8, 4) is 5.75 Å². The summed E-state index contributed by atoms with van der Waals surface area (Å²) in [7, 11) is 1.68. The Hall–Kier alpha value is -2.23. The lowest BCUT2D eigenvalue weighted by molar-refractivity contribution is -0.132. The van der Waals surface area contributed by atoms with E-state index >= 15 is 0 Å². The Balaban J connectivity index is 2.09. The van der Waals surface area contributed by atoms with Crippen molar-refractivity contribution in [3.05, 3.63) is 54.4 Å². The summed E-state index contributed by atoms with van der Waals surface area (Å²) in [6, 6.07) is 12.1. The predicted octanol–water partition coefficient (Wildman–Crippen LogP) is 6.47. The smallest absolute Gasteiger partial charge is 0.225 e. The summed E-state index contributed by atoms with van der Waals surface area (Å²) in [4.78, 5) is 15.5. The maximum Gasteiger partial charge on any atom is 0.225 e. The molecule has 0 aliphatic carbocycles. The van der Waals surface area contributed by atoms with Crippen molar-refractivity contribution in [2.45, 2.75) is 77.7 Å². The first-order chi connectivity index (χ1) is 14.7. The van der Waals surface area contributed by atoms with Gasteiger partial charge in [-0.15, -0.1) is 0 Å². The highest BCUT2D eigenvalue weighted by atomic mass is 16.5. The highest BCUT2D eigenvalue weighted by molar-refractivity contribution is 5.77. The Labute approximate surface area is 183 Å². The molecule has 2 aromatic rings. The summed E-state index contributed by atoms with van der Waals surface area (Å²) in [6.45, 7) is 6.21. The van der Waals surface area contributed by atoms with Gasteiger partial charge < -0.3 is 14.2 Å². The summed E-state index contributed by atoms with van der Waals surface area (Å²) in [5.41, 5.74) is 1.14. The summed E-state index contributed by atoms with van der Waals surface area (Å²) < 4.78 is 7.45. The molecule has 0 spiro atoms. The molecule has 166 valence electrons. The summed E-state index contributed by atoms with van der Waals surface area (Å²) in [5, 5.41) is 0. The molecule has 1 aromatic carbocycles. The number of aromatic nitrogens is 1. The molecule has 1 atom stereocenters. The molecule has 0 aliphatic heterocycles. The van der Waals surface area contributed by atoms with E-state index in [0.717, 1.165) is 37.2 Å². The number of nitrogens with zero attached hydrogens (tertiary/aromatic N) is 2. The number of unbranched alkanes of at least 4 members (excludes halogenated alkanes) is 6. The molecule has 1 unspecified atom stereocenters. The predicted molar refractivity (Wildman–Crippen MR) is 125 cm³/mol. The molecule has 4 heteroatoms. The van der Waals surface area contributed by atoms with Crippen molar-refractivity contribution in [2.75, 3.05) is 20.2 Å². The second kappa shape index (κ2) is 13.9. The molecule has 0 radical (unpaired) electrons. The van der Waals surface area contributed by atoms with Gasteiger partial charge in [0.15, 0.2) is 0 Å². The third-order valence-electron chi connectivity index (χ3n) is 5.77. The number of carbonyl (C=O) groups excluding carboxylic acids is 1. The van der Waals surface area contributed by atoms with Crippen molar-refractivity contribution in [3.63, 3.8) is 0 Å².